The maximum atomic E-state index is 12.7. The van der Waals surface area contributed by atoms with E-state index in [1.807, 2.05) is 24.3 Å². The Morgan fingerprint density at radius 3 is 2.48 bits per heavy atom. The van der Waals surface area contributed by atoms with Crippen LogP contribution in [-0.2, 0) is 16.0 Å². The Kier molecular flexibility index (Phi) is 5.25. The molecule has 142 valence electrons. The summed E-state index contributed by atoms with van der Waals surface area (Å²) in [6, 6.07) is 7.36. The van der Waals surface area contributed by atoms with E-state index in [0.717, 1.165) is 11.3 Å². The molecule has 0 bridgehead atoms. The molecule has 0 aliphatic carbocycles. The maximum Gasteiger partial charge on any atom is 0.246 e. The van der Waals surface area contributed by atoms with Gasteiger partial charge in [0, 0.05) is 30.0 Å². The van der Waals surface area contributed by atoms with E-state index in [1.54, 1.807) is 30.8 Å². The minimum Gasteiger partial charge on any atom is -0.495 e. The Balaban J connectivity index is 1.71. The van der Waals surface area contributed by atoms with Gasteiger partial charge in [-0.25, -0.2) is 9.97 Å². The van der Waals surface area contributed by atoms with Gasteiger partial charge in [-0.15, -0.1) is 0 Å². The molecule has 3 rings (SSSR count). The molecule has 0 atom stereocenters. The van der Waals surface area contributed by atoms with Crippen molar-refractivity contribution < 1.29 is 14.3 Å². The number of nitrogens with zero attached hydrogens (tertiary/aromatic N) is 4. The Labute approximate surface area is 158 Å². The van der Waals surface area contributed by atoms with Crippen LogP contribution < -0.4 is 15.4 Å². The lowest BCUT2D eigenvalue weighted by molar-refractivity contribution is -0.136. The lowest BCUT2D eigenvalue weighted by Crippen LogP contribution is -2.52. The van der Waals surface area contributed by atoms with Gasteiger partial charge < -0.3 is 20.3 Å². The molecule has 1 aliphatic heterocycles. The van der Waals surface area contributed by atoms with Crippen LogP contribution in [0.4, 0.5) is 11.6 Å². The zero-order valence-electron chi connectivity index (χ0n) is 15.7. The summed E-state index contributed by atoms with van der Waals surface area (Å²) in [6.07, 6.45) is 0.153. The first-order chi connectivity index (χ1) is 12.9. The van der Waals surface area contributed by atoms with Crippen molar-refractivity contribution in [2.45, 2.75) is 20.3 Å². The van der Waals surface area contributed by atoms with Crippen molar-refractivity contribution in [2.24, 2.45) is 0 Å². The highest BCUT2D eigenvalue weighted by atomic mass is 16.5. The summed E-state index contributed by atoms with van der Waals surface area (Å²) in [7, 11) is 1.57. The number of nitrogen functional groups attached to an aromatic ring is 1. The number of benzene rings is 1. The van der Waals surface area contributed by atoms with Gasteiger partial charge in [-0.3, -0.25) is 9.59 Å². The number of carbonyl (C=O) groups is 2. The van der Waals surface area contributed by atoms with Gasteiger partial charge in [-0.2, -0.15) is 0 Å². The Morgan fingerprint density at radius 1 is 1.19 bits per heavy atom. The number of ether oxygens (including phenoxy) is 1. The molecule has 2 amide bonds. The monoisotopic (exact) mass is 369 g/mol. The normalized spacial score (nSPS) is 14.4. The molecule has 1 aliphatic rings. The van der Waals surface area contributed by atoms with E-state index in [1.165, 1.54) is 0 Å². The summed E-state index contributed by atoms with van der Waals surface area (Å²) < 4.78 is 5.34. The number of aromatic nitrogens is 2. The largest absolute Gasteiger partial charge is 0.495 e. The van der Waals surface area contributed by atoms with Crippen LogP contribution >= 0.6 is 0 Å². The number of piperazine rings is 1. The second-order valence-corrected chi connectivity index (χ2v) is 6.44. The Morgan fingerprint density at radius 2 is 1.85 bits per heavy atom. The molecule has 8 heteroatoms. The number of nitrogens with two attached hydrogens (primary N) is 1. The van der Waals surface area contributed by atoms with Crippen LogP contribution in [0, 0.1) is 13.8 Å². The number of methoxy groups -OCH3 is 1. The summed E-state index contributed by atoms with van der Waals surface area (Å²) in [6.45, 7) is 4.51. The van der Waals surface area contributed by atoms with Gasteiger partial charge in [0.05, 0.1) is 19.2 Å². The molecule has 1 aromatic carbocycles. The van der Waals surface area contributed by atoms with E-state index in [2.05, 4.69) is 9.97 Å². The fourth-order valence-corrected chi connectivity index (χ4v) is 3.28. The van der Waals surface area contributed by atoms with E-state index in [4.69, 9.17) is 10.5 Å². The van der Waals surface area contributed by atoms with E-state index in [9.17, 15) is 9.59 Å². The average molecular weight is 369 g/mol. The zero-order valence-corrected chi connectivity index (χ0v) is 15.7. The molecule has 8 nitrogen and oxygen atoms in total. The van der Waals surface area contributed by atoms with Gasteiger partial charge in [-0.1, -0.05) is 12.1 Å². The lowest BCUT2D eigenvalue weighted by Gasteiger charge is -2.35. The molecule has 27 heavy (non-hydrogen) atoms. The summed E-state index contributed by atoms with van der Waals surface area (Å²) in [5.74, 6) is 0.571. The SMILES string of the molecule is COc1ccccc1N1CCN(C(=O)Cc2c(C)nc(N)nc2C)CC1=O. The number of para-hydroxylation sites is 2. The fourth-order valence-electron chi connectivity index (χ4n) is 3.28. The predicted octanol–water partition coefficient (Wildman–Crippen LogP) is 1.10. The average Bonchev–Trinajstić information content (AvgIpc) is 2.64. The molecule has 2 aromatic rings. The molecule has 1 fully saturated rings. The van der Waals surface area contributed by atoms with Gasteiger partial charge in [0.1, 0.15) is 12.3 Å². The van der Waals surface area contributed by atoms with Crippen LogP contribution in [0.3, 0.4) is 0 Å². The number of aryl methyl sites for hydroxylation is 2. The standard InChI is InChI=1S/C19H23N5O3/c1-12-14(13(2)22-19(20)21-12)10-17(25)23-8-9-24(18(26)11-23)15-6-4-5-7-16(15)27-3/h4-7H,8-11H2,1-3H3,(H2,20,21,22). The van der Waals surface area contributed by atoms with Crippen molar-refractivity contribution in [3.63, 3.8) is 0 Å². The van der Waals surface area contributed by atoms with Gasteiger partial charge in [0.15, 0.2) is 0 Å². The maximum absolute atomic E-state index is 12.7. The number of rotatable bonds is 4. The van der Waals surface area contributed by atoms with Crippen molar-refractivity contribution in [2.75, 3.05) is 37.4 Å². The third-order valence-corrected chi connectivity index (χ3v) is 4.72. The molecule has 0 spiro atoms. The Bertz CT molecular complexity index is 860. The highest BCUT2D eigenvalue weighted by Crippen LogP contribution is 2.29. The fraction of sp³-hybridized carbons (Fsp3) is 0.368. The third-order valence-electron chi connectivity index (χ3n) is 4.72. The first-order valence-corrected chi connectivity index (χ1v) is 8.71. The second-order valence-electron chi connectivity index (χ2n) is 6.44. The summed E-state index contributed by atoms with van der Waals surface area (Å²) in [5.41, 5.74) is 8.49. The van der Waals surface area contributed by atoms with Crippen LogP contribution in [0.5, 0.6) is 5.75 Å². The summed E-state index contributed by atoms with van der Waals surface area (Å²) >= 11 is 0. The zero-order chi connectivity index (χ0) is 19.6. The number of hydrogen-bond donors (Lipinski definition) is 1. The first kappa shape index (κ1) is 18.6. The van der Waals surface area contributed by atoms with Gasteiger partial charge in [0.25, 0.3) is 0 Å². The van der Waals surface area contributed by atoms with Crippen LogP contribution in [0.15, 0.2) is 24.3 Å². The summed E-state index contributed by atoms with van der Waals surface area (Å²) in [4.78, 5) is 36.8. The van der Waals surface area contributed by atoms with E-state index in [-0.39, 0.29) is 30.7 Å². The smallest absolute Gasteiger partial charge is 0.246 e. The first-order valence-electron chi connectivity index (χ1n) is 8.71. The molecule has 0 saturated carbocycles. The Hall–Kier alpha value is -3.16. The van der Waals surface area contributed by atoms with Crippen LogP contribution in [0.2, 0.25) is 0 Å². The minimum atomic E-state index is -0.138. The molecular formula is C19H23N5O3. The van der Waals surface area contributed by atoms with Crippen LogP contribution in [0.25, 0.3) is 0 Å². The second kappa shape index (κ2) is 7.61. The molecule has 1 saturated heterocycles. The van der Waals surface area contributed by atoms with Crippen molar-refractivity contribution in [1.82, 2.24) is 14.9 Å². The van der Waals surface area contributed by atoms with E-state index in [0.29, 0.717) is 30.2 Å². The predicted molar refractivity (Wildman–Crippen MR) is 102 cm³/mol. The number of carbonyl (C=O) groups excluding carboxylic acids is 2. The van der Waals surface area contributed by atoms with Crippen molar-refractivity contribution in [3.8, 4) is 5.75 Å². The van der Waals surface area contributed by atoms with Gasteiger partial charge in [0.2, 0.25) is 17.8 Å². The number of anilines is 2. The third kappa shape index (κ3) is 3.84. The highest BCUT2D eigenvalue weighted by Gasteiger charge is 2.29. The van der Waals surface area contributed by atoms with E-state index < -0.39 is 0 Å². The van der Waals surface area contributed by atoms with Gasteiger partial charge >= 0.3 is 0 Å². The lowest BCUT2D eigenvalue weighted by atomic mass is 10.1. The summed E-state index contributed by atoms with van der Waals surface area (Å²) in [5, 5.41) is 0. The minimum absolute atomic E-state index is 0.0325. The highest BCUT2D eigenvalue weighted by molar-refractivity contribution is 5.99. The molecule has 0 unspecified atom stereocenters. The number of amides is 2. The van der Waals surface area contributed by atoms with Crippen LogP contribution in [0.1, 0.15) is 17.0 Å². The topological polar surface area (TPSA) is 102 Å². The molecule has 0 radical (unpaired) electrons. The number of hydrogen-bond acceptors (Lipinski definition) is 6. The van der Waals surface area contributed by atoms with Gasteiger partial charge in [-0.05, 0) is 26.0 Å². The molecule has 1 aromatic heterocycles. The van der Waals surface area contributed by atoms with E-state index >= 15 is 0 Å². The molecule has 2 heterocycles. The van der Waals surface area contributed by atoms with Crippen molar-refractivity contribution in [1.29, 1.82) is 0 Å². The quantitative estimate of drug-likeness (QED) is 0.866. The van der Waals surface area contributed by atoms with Crippen LogP contribution in [-0.4, -0.2) is 53.4 Å². The molecule has 2 N–H and O–H groups in total. The van der Waals surface area contributed by atoms with Crippen molar-refractivity contribution in [3.05, 3.63) is 41.2 Å². The molecular weight excluding hydrogens is 346 g/mol. The van der Waals surface area contributed by atoms with Crippen molar-refractivity contribution >= 4 is 23.5 Å².